The van der Waals surface area contributed by atoms with Crippen LogP contribution in [-0.2, 0) is 0 Å². The lowest BCUT2D eigenvalue weighted by Crippen LogP contribution is -2.33. The first-order chi connectivity index (χ1) is 4.90. The van der Waals surface area contributed by atoms with Gasteiger partial charge in [-0.3, -0.25) is 4.90 Å². The quantitative estimate of drug-likeness (QED) is 0.535. The van der Waals surface area contributed by atoms with Crippen LogP contribution in [0.3, 0.4) is 0 Å². The first-order valence-electron chi connectivity index (χ1n) is 4.20. The molecule has 0 aromatic carbocycles. The topological polar surface area (TPSA) is 3.24 Å². The molecule has 2 unspecified atom stereocenters. The fourth-order valence-corrected chi connectivity index (χ4v) is 3.03. The van der Waals surface area contributed by atoms with Gasteiger partial charge in [0.05, 0.1) is 0 Å². The summed E-state index contributed by atoms with van der Waals surface area (Å²) in [6, 6.07) is 0.986. The molecule has 0 aromatic rings. The third kappa shape index (κ3) is 1.20. The van der Waals surface area contributed by atoms with E-state index >= 15 is 0 Å². The van der Waals surface area contributed by atoms with Crippen LogP contribution in [0.15, 0.2) is 0 Å². The van der Waals surface area contributed by atoms with Gasteiger partial charge in [0.15, 0.2) is 0 Å². The number of hydrogen-bond acceptors (Lipinski definition) is 1. The Kier molecular flexibility index (Phi) is 2.18. The van der Waals surface area contributed by atoms with E-state index in [4.69, 9.17) is 0 Å². The predicted molar refractivity (Wildman–Crippen MR) is 51.6 cm³/mol. The Balaban J connectivity index is 1.90. The standard InChI is InChI=1S/C8H14IN/c9-3-4-10-6-7-1-2-8(10)5-7/h7-8H,1-6H2. The Morgan fingerprint density at radius 3 is 2.80 bits per heavy atom. The van der Waals surface area contributed by atoms with Gasteiger partial charge in [0.25, 0.3) is 0 Å². The lowest BCUT2D eigenvalue weighted by Gasteiger charge is -2.25. The molecule has 2 heteroatoms. The monoisotopic (exact) mass is 251 g/mol. The highest BCUT2D eigenvalue weighted by molar-refractivity contribution is 14.1. The molecule has 2 atom stereocenters. The Labute approximate surface area is 76.3 Å². The van der Waals surface area contributed by atoms with E-state index < -0.39 is 0 Å². The number of rotatable bonds is 2. The predicted octanol–water partition coefficient (Wildman–Crippen LogP) is 1.91. The van der Waals surface area contributed by atoms with Crippen molar-refractivity contribution in [1.29, 1.82) is 0 Å². The highest BCUT2D eigenvalue weighted by Crippen LogP contribution is 2.36. The molecule has 1 saturated heterocycles. The molecule has 0 spiro atoms. The van der Waals surface area contributed by atoms with Crippen LogP contribution < -0.4 is 0 Å². The highest BCUT2D eigenvalue weighted by atomic mass is 127. The number of nitrogens with zero attached hydrogens (tertiary/aromatic N) is 1. The average Bonchev–Trinajstić information content (AvgIpc) is 2.48. The minimum atomic E-state index is 0.986. The zero-order valence-electron chi connectivity index (χ0n) is 6.22. The van der Waals surface area contributed by atoms with Crippen molar-refractivity contribution in [2.75, 3.05) is 17.5 Å². The van der Waals surface area contributed by atoms with Crippen LogP contribution in [-0.4, -0.2) is 28.5 Å². The molecule has 2 fully saturated rings. The number of hydrogen-bond donors (Lipinski definition) is 0. The molecule has 1 saturated carbocycles. The van der Waals surface area contributed by atoms with Gasteiger partial charge in [-0.05, 0) is 25.2 Å². The van der Waals surface area contributed by atoms with E-state index in [1.54, 1.807) is 0 Å². The van der Waals surface area contributed by atoms with Gasteiger partial charge >= 0.3 is 0 Å². The fraction of sp³-hybridized carbons (Fsp3) is 1.00. The highest BCUT2D eigenvalue weighted by Gasteiger charge is 2.36. The number of piperidine rings is 1. The summed E-state index contributed by atoms with van der Waals surface area (Å²) in [6.07, 6.45) is 4.51. The van der Waals surface area contributed by atoms with E-state index in [0.29, 0.717) is 0 Å². The maximum absolute atomic E-state index is 2.68. The second-order valence-corrected chi connectivity index (χ2v) is 4.60. The van der Waals surface area contributed by atoms with E-state index in [0.717, 1.165) is 12.0 Å². The summed E-state index contributed by atoms with van der Waals surface area (Å²) < 4.78 is 1.31. The molecule has 1 aliphatic heterocycles. The molecule has 1 heterocycles. The molecule has 0 radical (unpaired) electrons. The minimum absolute atomic E-state index is 0.986. The maximum atomic E-state index is 2.68. The van der Waals surface area contributed by atoms with Crippen molar-refractivity contribution < 1.29 is 0 Å². The van der Waals surface area contributed by atoms with Crippen molar-refractivity contribution >= 4 is 22.6 Å². The summed E-state index contributed by atoms with van der Waals surface area (Å²) in [7, 11) is 0. The summed E-state index contributed by atoms with van der Waals surface area (Å²) in [5, 5.41) is 0. The molecule has 0 N–H and O–H groups in total. The number of likely N-dealkylation sites (tertiary alicyclic amines) is 1. The van der Waals surface area contributed by atoms with Crippen LogP contribution in [0.1, 0.15) is 19.3 Å². The third-order valence-electron chi connectivity index (χ3n) is 2.89. The van der Waals surface area contributed by atoms with Crippen molar-refractivity contribution in [3.8, 4) is 0 Å². The molecule has 1 aliphatic carbocycles. The lowest BCUT2D eigenvalue weighted by atomic mass is 10.1. The minimum Gasteiger partial charge on any atom is -0.299 e. The van der Waals surface area contributed by atoms with Crippen molar-refractivity contribution in [3.63, 3.8) is 0 Å². The largest absolute Gasteiger partial charge is 0.299 e. The molecule has 0 amide bonds. The van der Waals surface area contributed by atoms with Crippen molar-refractivity contribution in [2.45, 2.75) is 25.3 Å². The molecular weight excluding hydrogens is 237 g/mol. The van der Waals surface area contributed by atoms with Gasteiger partial charge in [-0.25, -0.2) is 0 Å². The maximum Gasteiger partial charge on any atom is 0.0123 e. The molecule has 2 rings (SSSR count). The number of fused-ring (bicyclic) bond motifs is 2. The number of halogens is 1. The van der Waals surface area contributed by atoms with Crippen LogP contribution in [0, 0.1) is 5.92 Å². The first-order valence-corrected chi connectivity index (χ1v) is 5.72. The molecule has 0 aromatic heterocycles. The van der Waals surface area contributed by atoms with Crippen LogP contribution in [0.5, 0.6) is 0 Å². The van der Waals surface area contributed by atoms with Crippen molar-refractivity contribution in [1.82, 2.24) is 4.90 Å². The molecule has 2 bridgehead atoms. The Hall–Kier alpha value is 0.690. The summed E-state index contributed by atoms with van der Waals surface area (Å²) >= 11 is 2.48. The van der Waals surface area contributed by atoms with E-state index in [1.165, 1.54) is 36.8 Å². The third-order valence-corrected chi connectivity index (χ3v) is 3.38. The molecule has 10 heavy (non-hydrogen) atoms. The molecule has 58 valence electrons. The molecule has 1 nitrogen and oxygen atoms in total. The van der Waals surface area contributed by atoms with Crippen LogP contribution >= 0.6 is 22.6 Å². The second-order valence-electron chi connectivity index (χ2n) is 3.52. The van der Waals surface area contributed by atoms with E-state index in [-0.39, 0.29) is 0 Å². The van der Waals surface area contributed by atoms with Crippen molar-refractivity contribution in [2.24, 2.45) is 5.92 Å². The van der Waals surface area contributed by atoms with Gasteiger partial charge in [0.2, 0.25) is 0 Å². The Morgan fingerprint density at radius 2 is 2.30 bits per heavy atom. The molecular formula is C8H14IN. The second kappa shape index (κ2) is 2.97. The first kappa shape index (κ1) is 7.35. The van der Waals surface area contributed by atoms with E-state index in [9.17, 15) is 0 Å². The van der Waals surface area contributed by atoms with Gasteiger partial charge < -0.3 is 0 Å². The SMILES string of the molecule is ICCN1CC2CCC1C2. The molecule has 2 aliphatic rings. The summed E-state index contributed by atoms with van der Waals surface area (Å²) in [6.45, 7) is 2.75. The van der Waals surface area contributed by atoms with Crippen LogP contribution in [0.25, 0.3) is 0 Å². The van der Waals surface area contributed by atoms with E-state index in [1.807, 2.05) is 0 Å². The summed E-state index contributed by atoms with van der Waals surface area (Å²) in [5.74, 6) is 1.08. The van der Waals surface area contributed by atoms with Gasteiger partial charge in [0, 0.05) is 23.6 Å². The zero-order valence-corrected chi connectivity index (χ0v) is 8.38. The fourth-order valence-electron chi connectivity index (χ4n) is 2.41. The number of alkyl halides is 1. The van der Waals surface area contributed by atoms with Crippen molar-refractivity contribution in [3.05, 3.63) is 0 Å². The smallest absolute Gasteiger partial charge is 0.0123 e. The van der Waals surface area contributed by atoms with Gasteiger partial charge in [0.1, 0.15) is 0 Å². The normalized spacial score (nSPS) is 39.3. The average molecular weight is 251 g/mol. The van der Waals surface area contributed by atoms with Gasteiger partial charge in [-0.1, -0.05) is 22.6 Å². The van der Waals surface area contributed by atoms with E-state index in [2.05, 4.69) is 27.5 Å². The van der Waals surface area contributed by atoms with Gasteiger partial charge in [-0.15, -0.1) is 0 Å². The summed E-state index contributed by atoms with van der Waals surface area (Å²) in [5.41, 5.74) is 0. The van der Waals surface area contributed by atoms with Crippen LogP contribution in [0.2, 0.25) is 0 Å². The van der Waals surface area contributed by atoms with Crippen LogP contribution in [0.4, 0.5) is 0 Å². The summed E-state index contributed by atoms with van der Waals surface area (Å²) in [4.78, 5) is 2.68. The zero-order chi connectivity index (χ0) is 6.97. The Bertz CT molecular complexity index is 126. The lowest BCUT2D eigenvalue weighted by molar-refractivity contribution is 0.228. The Morgan fingerprint density at radius 1 is 1.40 bits per heavy atom. The van der Waals surface area contributed by atoms with Gasteiger partial charge in [-0.2, -0.15) is 0 Å².